The normalized spacial score (nSPS) is 19.0. The number of likely N-dealkylation sites (N-methyl/N-ethyl adjacent to an activating group) is 1. The molecule has 2 nitrogen and oxygen atoms in total. The molecule has 0 aliphatic carbocycles. The molecule has 1 atom stereocenters. The van der Waals surface area contributed by atoms with Gasteiger partial charge in [0, 0.05) is 22.8 Å². The van der Waals surface area contributed by atoms with Gasteiger partial charge in [-0.2, -0.15) is 0 Å². The number of nitrogens with two attached hydrogens (primary N) is 1. The SMILES string of the molecule is Cc1ccc(C2C=C(c3cc(Cl)ccc3N)CCN2C)cc1. The van der Waals surface area contributed by atoms with Crippen molar-refractivity contribution in [3.8, 4) is 0 Å². The molecule has 1 unspecified atom stereocenters. The van der Waals surface area contributed by atoms with Crippen molar-refractivity contribution in [2.45, 2.75) is 19.4 Å². The fourth-order valence-corrected chi connectivity index (χ4v) is 3.15. The number of hydrogen-bond acceptors (Lipinski definition) is 2. The van der Waals surface area contributed by atoms with Gasteiger partial charge in [-0.3, -0.25) is 4.90 Å². The Hall–Kier alpha value is -1.77. The molecule has 0 amide bonds. The maximum Gasteiger partial charge on any atom is 0.0534 e. The molecule has 114 valence electrons. The lowest BCUT2D eigenvalue weighted by molar-refractivity contribution is 0.283. The minimum Gasteiger partial charge on any atom is -0.398 e. The number of anilines is 1. The lowest BCUT2D eigenvalue weighted by Gasteiger charge is -2.32. The molecule has 2 aromatic carbocycles. The van der Waals surface area contributed by atoms with Crippen LogP contribution in [0.4, 0.5) is 5.69 Å². The first kappa shape index (κ1) is 15.1. The first-order valence-electron chi connectivity index (χ1n) is 7.57. The predicted molar refractivity (Wildman–Crippen MR) is 95.0 cm³/mol. The van der Waals surface area contributed by atoms with Gasteiger partial charge in [0.1, 0.15) is 0 Å². The molecular formula is C19H21ClN2. The highest BCUT2D eigenvalue weighted by Crippen LogP contribution is 2.35. The molecule has 3 rings (SSSR count). The Morgan fingerprint density at radius 2 is 1.86 bits per heavy atom. The molecule has 1 aliphatic rings. The second kappa shape index (κ2) is 6.15. The highest BCUT2D eigenvalue weighted by Gasteiger charge is 2.22. The second-order valence-electron chi connectivity index (χ2n) is 6.01. The van der Waals surface area contributed by atoms with Crippen LogP contribution in [0.2, 0.25) is 5.02 Å². The molecule has 0 saturated carbocycles. The monoisotopic (exact) mass is 312 g/mol. The van der Waals surface area contributed by atoms with Crippen LogP contribution in [-0.4, -0.2) is 18.5 Å². The summed E-state index contributed by atoms with van der Waals surface area (Å²) in [6.07, 6.45) is 3.31. The average Bonchev–Trinajstić information content (AvgIpc) is 2.51. The van der Waals surface area contributed by atoms with Crippen LogP contribution in [-0.2, 0) is 0 Å². The number of hydrogen-bond donors (Lipinski definition) is 1. The molecule has 0 aromatic heterocycles. The molecule has 0 spiro atoms. The number of nitrogen functional groups attached to an aromatic ring is 1. The van der Waals surface area contributed by atoms with Crippen molar-refractivity contribution in [2.24, 2.45) is 0 Å². The maximum absolute atomic E-state index is 6.15. The summed E-state index contributed by atoms with van der Waals surface area (Å²) < 4.78 is 0. The van der Waals surface area contributed by atoms with Crippen molar-refractivity contribution in [1.82, 2.24) is 4.90 Å². The summed E-state index contributed by atoms with van der Waals surface area (Å²) >= 11 is 6.14. The molecule has 1 heterocycles. The van der Waals surface area contributed by atoms with Gasteiger partial charge in [-0.05, 0) is 49.7 Å². The lowest BCUT2D eigenvalue weighted by Crippen LogP contribution is -2.28. The van der Waals surface area contributed by atoms with Gasteiger partial charge in [-0.15, -0.1) is 0 Å². The molecule has 2 aromatic rings. The third-order valence-corrected chi connectivity index (χ3v) is 4.58. The number of aryl methyl sites for hydroxylation is 1. The summed E-state index contributed by atoms with van der Waals surface area (Å²) in [5.41, 5.74) is 11.9. The van der Waals surface area contributed by atoms with Crippen molar-refractivity contribution >= 4 is 22.9 Å². The Balaban J connectivity index is 2.00. The molecule has 0 fully saturated rings. The Bertz CT molecular complexity index is 704. The minimum atomic E-state index is 0.280. The van der Waals surface area contributed by atoms with Crippen molar-refractivity contribution in [3.05, 3.63) is 70.3 Å². The number of nitrogens with zero attached hydrogens (tertiary/aromatic N) is 1. The standard InChI is InChI=1S/C19H21ClN2/c1-13-3-5-14(6-4-13)19-11-15(9-10-22(19)2)17-12-16(20)7-8-18(17)21/h3-8,11-12,19H,9-10,21H2,1-2H3. The van der Waals surface area contributed by atoms with E-state index in [2.05, 4.69) is 49.2 Å². The largest absolute Gasteiger partial charge is 0.398 e. The third kappa shape index (κ3) is 3.03. The Labute approximate surface area is 137 Å². The molecule has 0 radical (unpaired) electrons. The van der Waals surface area contributed by atoms with Gasteiger partial charge >= 0.3 is 0 Å². The summed E-state index contributed by atoms with van der Waals surface area (Å²) in [5.74, 6) is 0. The van der Waals surface area contributed by atoms with Gasteiger partial charge in [0.15, 0.2) is 0 Å². The molecule has 3 heteroatoms. The lowest BCUT2D eigenvalue weighted by atomic mass is 9.91. The first-order chi connectivity index (χ1) is 10.5. The van der Waals surface area contributed by atoms with Crippen LogP contribution in [0.25, 0.3) is 5.57 Å². The van der Waals surface area contributed by atoms with Crippen LogP contribution in [0, 0.1) is 6.92 Å². The van der Waals surface area contributed by atoms with Crippen molar-refractivity contribution in [3.63, 3.8) is 0 Å². The van der Waals surface area contributed by atoms with Crippen molar-refractivity contribution in [2.75, 3.05) is 19.3 Å². The Morgan fingerprint density at radius 3 is 2.59 bits per heavy atom. The summed E-state index contributed by atoms with van der Waals surface area (Å²) in [7, 11) is 2.17. The van der Waals surface area contributed by atoms with Gasteiger partial charge in [0.2, 0.25) is 0 Å². The van der Waals surface area contributed by atoms with E-state index in [1.807, 2.05) is 18.2 Å². The van der Waals surface area contributed by atoms with Crippen LogP contribution in [0.3, 0.4) is 0 Å². The highest BCUT2D eigenvalue weighted by molar-refractivity contribution is 6.30. The fourth-order valence-electron chi connectivity index (χ4n) is 2.98. The topological polar surface area (TPSA) is 29.3 Å². The highest BCUT2D eigenvalue weighted by atomic mass is 35.5. The van der Waals surface area contributed by atoms with Crippen LogP contribution in [0.15, 0.2) is 48.5 Å². The Kier molecular flexibility index (Phi) is 4.23. The van der Waals surface area contributed by atoms with Crippen LogP contribution in [0.5, 0.6) is 0 Å². The molecular weight excluding hydrogens is 292 g/mol. The van der Waals surface area contributed by atoms with Crippen molar-refractivity contribution in [1.29, 1.82) is 0 Å². The minimum absolute atomic E-state index is 0.280. The summed E-state index contributed by atoms with van der Waals surface area (Å²) in [6, 6.07) is 14.7. The van der Waals surface area contributed by atoms with Crippen LogP contribution >= 0.6 is 11.6 Å². The zero-order valence-corrected chi connectivity index (χ0v) is 13.8. The van der Waals surface area contributed by atoms with E-state index in [1.54, 1.807) is 0 Å². The van der Waals surface area contributed by atoms with Crippen LogP contribution in [0.1, 0.15) is 29.2 Å². The zero-order chi connectivity index (χ0) is 15.7. The number of benzene rings is 2. The first-order valence-corrected chi connectivity index (χ1v) is 7.95. The summed E-state index contributed by atoms with van der Waals surface area (Å²) in [5, 5.41) is 0.732. The van der Waals surface area contributed by atoms with E-state index in [1.165, 1.54) is 16.7 Å². The van der Waals surface area contributed by atoms with Gasteiger partial charge in [0.25, 0.3) is 0 Å². The Morgan fingerprint density at radius 1 is 1.14 bits per heavy atom. The third-order valence-electron chi connectivity index (χ3n) is 4.35. The van der Waals surface area contributed by atoms with Crippen molar-refractivity contribution < 1.29 is 0 Å². The van der Waals surface area contributed by atoms with E-state index < -0.39 is 0 Å². The van der Waals surface area contributed by atoms with E-state index in [0.717, 1.165) is 29.2 Å². The molecule has 0 bridgehead atoms. The van der Waals surface area contributed by atoms with Gasteiger partial charge in [-0.25, -0.2) is 0 Å². The van der Waals surface area contributed by atoms with E-state index in [-0.39, 0.29) is 6.04 Å². The predicted octanol–water partition coefficient (Wildman–Crippen LogP) is 4.69. The van der Waals surface area contributed by atoms with Gasteiger partial charge in [-0.1, -0.05) is 47.5 Å². The van der Waals surface area contributed by atoms with Gasteiger partial charge in [0.05, 0.1) is 6.04 Å². The molecule has 1 aliphatic heterocycles. The molecule has 0 saturated heterocycles. The zero-order valence-electron chi connectivity index (χ0n) is 13.0. The quantitative estimate of drug-likeness (QED) is 0.815. The van der Waals surface area contributed by atoms with E-state index in [9.17, 15) is 0 Å². The fraction of sp³-hybridized carbons (Fsp3) is 0.263. The summed E-state index contributed by atoms with van der Waals surface area (Å²) in [4.78, 5) is 2.37. The second-order valence-corrected chi connectivity index (χ2v) is 6.45. The van der Waals surface area contributed by atoms with Crippen LogP contribution < -0.4 is 5.73 Å². The van der Waals surface area contributed by atoms with E-state index in [4.69, 9.17) is 17.3 Å². The average molecular weight is 313 g/mol. The number of halogens is 1. The molecule has 2 N–H and O–H groups in total. The molecule has 22 heavy (non-hydrogen) atoms. The maximum atomic E-state index is 6.15. The van der Waals surface area contributed by atoms with Gasteiger partial charge < -0.3 is 5.73 Å². The van der Waals surface area contributed by atoms with E-state index in [0.29, 0.717) is 0 Å². The van der Waals surface area contributed by atoms with E-state index >= 15 is 0 Å². The summed E-state index contributed by atoms with van der Waals surface area (Å²) in [6.45, 7) is 3.12. The number of rotatable bonds is 2. The smallest absolute Gasteiger partial charge is 0.0534 e.